The number of anilines is 1. The molecule has 2 N–H and O–H groups in total. The van der Waals surface area contributed by atoms with Crippen LogP contribution in [0.25, 0.3) is 33.9 Å². The van der Waals surface area contributed by atoms with Crippen molar-refractivity contribution in [1.29, 1.82) is 0 Å². The predicted octanol–water partition coefficient (Wildman–Crippen LogP) is 6.13. The molecule has 0 aliphatic heterocycles. The normalized spacial score (nSPS) is 14.8. The molecule has 6 rings (SSSR count). The van der Waals surface area contributed by atoms with E-state index in [0.717, 1.165) is 24.0 Å². The number of nitrogens with one attached hydrogen (secondary N) is 2. The largest absolute Gasteiger partial charge is 0.420 e. The lowest BCUT2D eigenvalue weighted by Gasteiger charge is -2.17. The predicted molar refractivity (Wildman–Crippen MR) is 138 cm³/mol. The van der Waals surface area contributed by atoms with Crippen LogP contribution in [0.3, 0.4) is 0 Å². The number of sulfonamides is 1. The van der Waals surface area contributed by atoms with Gasteiger partial charge in [-0.15, -0.1) is 10.2 Å². The van der Waals surface area contributed by atoms with Gasteiger partial charge in [0.2, 0.25) is 11.8 Å². The Morgan fingerprint density at radius 1 is 0.861 bits per heavy atom. The van der Waals surface area contributed by atoms with Crippen LogP contribution >= 0.6 is 0 Å². The maximum atomic E-state index is 13.1. The summed E-state index contributed by atoms with van der Waals surface area (Å²) in [6.45, 7) is 0. The van der Waals surface area contributed by atoms with Crippen LogP contribution in [-0.4, -0.2) is 28.6 Å². The molecule has 0 saturated heterocycles. The van der Waals surface area contributed by atoms with Crippen molar-refractivity contribution in [3.8, 4) is 22.8 Å². The Kier molecular flexibility index (Phi) is 5.77. The first kappa shape index (κ1) is 22.5. The van der Waals surface area contributed by atoms with Crippen molar-refractivity contribution in [2.24, 2.45) is 0 Å². The molecule has 0 unspecified atom stereocenters. The average molecular weight is 500 g/mol. The summed E-state index contributed by atoms with van der Waals surface area (Å²) >= 11 is 0. The Hall–Kier alpha value is -3.98. The van der Waals surface area contributed by atoms with E-state index >= 15 is 0 Å². The lowest BCUT2D eigenvalue weighted by Crippen LogP contribution is -2.12. The van der Waals surface area contributed by atoms with Gasteiger partial charge in [-0.3, -0.25) is 4.72 Å². The molecule has 1 aliphatic carbocycles. The van der Waals surface area contributed by atoms with E-state index in [2.05, 4.69) is 24.9 Å². The number of nitrogens with zero attached hydrogens (tertiary/aromatic N) is 3. The molecule has 0 amide bonds. The van der Waals surface area contributed by atoms with Gasteiger partial charge < -0.3 is 9.40 Å². The molecule has 8 nitrogen and oxygen atoms in total. The fourth-order valence-corrected chi connectivity index (χ4v) is 5.73. The molecule has 0 spiro atoms. The molecule has 1 aliphatic rings. The highest BCUT2D eigenvalue weighted by atomic mass is 32.2. The Balaban J connectivity index is 1.19. The Morgan fingerprint density at radius 3 is 2.42 bits per heavy atom. The average Bonchev–Trinajstić information content (AvgIpc) is 3.57. The molecule has 2 heterocycles. The highest BCUT2D eigenvalue weighted by Gasteiger charge is 2.22. The summed E-state index contributed by atoms with van der Waals surface area (Å²) < 4.78 is 34.7. The third-order valence-corrected chi connectivity index (χ3v) is 7.97. The van der Waals surface area contributed by atoms with Crippen LogP contribution in [0.5, 0.6) is 0 Å². The number of rotatable bonds is 6. The van der Waals surface area contributed by atoms with Crippen molar-refractivity contribution in [3.05, 3.63) is 78.7 Å². The second-order valence-electron chi connectivity index (χ2n) is 9.09. The van der Waals surface area contributed by atoms with E-state index in [9.17, 15) is 8.42 Å². The first-order valence-electron chi connectivity index (χ1n) is 12.1. The number of aromatic amines is 1. The minimum absolute atomic E-state index is 0.149. The minimum atomic E-state index is -3.80. The molecule has 1 fully saturated rings. The molecule has 3 aromatic carbocycles. The summed E-state index contributed by atoms with van der Waals surface area (Å²) in [6.07, 6.45) is 5.82. The van der Waals surface area contributed by atoms with Gasteiger partial charge in [0.15, 0.2) is 0 Å². The molecule has 1 saturated carbocycles. The van der Waals surface area contributed by atoms with E-state index in [1.807, 2.05) is 30.3 Å². The quantitative estimate of drug-likeness (QED) is 0.291. The zero-order chi connectivity index (χ0) is 24.5. The molecule has 2 aromatic heterocycles. The second kappa shape index (κ2) is 9.23. The fraction of sp³-hybridized carbons (Fsp3) is 0.222. The SMILES string of the molecule is O=S(=O)(Nc1ccc(-c2nnc(C3CCCCC3)o2)cc1)c1ccc2nc(-c3ccccc3)[nH]c2c1. The lowest BCUT2D eigenvalue weighted by molar-refractivity contribution is 0.367. The Bertz CT molecular complexity index is 1600. The molecule has 182 valence electrons. The van der Waals surface area contributed by atoms with Gasteiger partial charge in [-0.1, -0.05) is 49.6 Å². The molecule has 0 atom stereocenters. The van der Waals surface area contributed by atoms with E-state index in [0.29, 0.717) is 40.2 Å². The molecule has 9 heteroatoms. The Labute approximate surface area is 208 Å². The van der Waals surface area contributed by atoms with Gasteiger partial charge in [-0.05, 0) is 55.3 Å². The topological polar surface area (TPSA) is 114 Å². The molecule has 0 bridgehead atoms. The van der Waals surface area contributed by atoms with Crippen LogP contribution in [0.2, 0.25) is 0 Å². The van der Waals surface area contributed by atoms with Crippen molar-refractivity contribution in [2.45, 2.75) is 42.9 Å². The van der Waals surface area contributed by atoms with E-state index in [4.69, 9.17) is 4.42 Å². The summed E-state index contributed by atoms with van der Waals surface area (Å²) in [5.41, 5.74) is 3.48. The molecule has 36 heavy (non-hydrogen) atoms. The van der Waals surface area contributed by atoms with Crippen LogP contribution in [0.15, 0.2) is 82.1 Å². The third kappa shape index (κ3) is 4.49. The van der Waals surface area contributed by atoms with E-state index < -0.39 is 10.0 Å². The highest BCUT2D eigenvalue weighted by molar-refractivity contribution is 7.92. The summed E-state index contributed by atoms with van der Waals surface area (Å²) in [5.74, 6) is 2.17. The van der Waals surface area contributed by atoms with Crippen LogP contribution < -0.4 is 4.72 Å². The van der Waals surface area contributed by atoms with E-state index in [-0.39, 0.29) is 4.90 Å². The van der Waals surface area contributed by atoms with Crippen LogP contribution in [0, 0.1) is 0 Å². The second-order valence-corrected chi connectivity index (χ2v) is 10.8. The van der Waals surface area contributed by atoms with Crippen LogP contribution in [0.4, 0.5) is 5.69 Å². The summed E-state index contributed by atoms with van der Waals surface area (Å²) in [4.78, 5) is 7.93. The molecular formula is C27H25N5O3S. The van der Waals surface area contributed by atoms with Gasteiger partial charge in [0.1, 0.15) is 5.82 Å². The summed E-state index contributed by atoms with van der Waals surface area (Å²) in [5, 5.41) is 8.45. The van der Waals surface area contributed by atoms with Gasteiger partial charge in [0, 0.05) is 22.7 Å². The number of benzene rings is 3. The molecule has 5 aromatic rings. The summed E-state index contributed by atoms with van der Waals surface area (Å²) in [6, 6.07) is 21.5. The first-order chi connectivity index (χ1) is 17.5. The standard InChI is InChI=1S/C27H25N5O3S/c33-36(34,22-15-16-23-24(17-22)29-25(28-23)18-7-3-1-4-8-18)32-21-13-11-20(12-14-21)27-31-30-26(35-27)19-9-5-2-6-10-19/h1,3-4,7-8,11-17,19,32H,2,5-6,9-10H2,(H,28,29). The molecular weight excluding hydrogens is 474 g/mol. The van der Waals surface area contributed by atoms with Crippen molar-refractivity contribution in [2.75, 3.05) is 4.72 Å². The van der Waals surface area contributed by atoms with E-state index in [1.54, 1.807) is 42.5 Å². The van der Waals surface area contributed by atoms with Gasteiger partial charge >= 0.3 is 0 Å². The number of aromatic nitrogens is 4. The number of H-pyrrole nitrogens is 1. The maximum absolute atomic E-state index is 13.1. The molecule has 0 radical (unpaired) electrons. The third-order valence-electron chi connectivity index (χ3n) is 6.59. The smallest absolute Gasteiger partial charge is 0.261 e. The first-order valence-corrected chi connectivity index (χ1v) is 13.6. The minimum Gasteiger partial charge on any atom is -0.420 e. The number of hydrogen-bond donors (Lipinski definition) is 2. The van der Waals surface area contributed by atoms with Gasteiger partial charge in [-0.2, -0.15) is 0 Å². The van der Waals surface area contributed by atoms with Crippen molar-refractivity contribution in [3.63, 3.8) is 0 Å². The number of imidazole rings is 1. The van der Waals surface area contributed by atoms with Crippen molar-refractivity contribution < 1.29 is 12.8 Å². The van der Waals surface area contributed by atoms with Crippen molar-refractivity contribution >= 4 is 26.7 Å². The maximum Gasteiger partial charge on any atom is 0.261 e. The monoisotopic (exact) mass is 499 g/mol. The van der Waals surface area contributed by atoms with Gasteiger partial charge in [0.25, 0.3) is 10.0 Å². The number of fused-ring (bicyclic) bond motifs is 1. The number of hydrogen-bond acceptors (Lipinski definition) is 6. The van der Waals surface area contributed by atoms with E-state index in [1.165, 1.54) is 19.3 Å². The lowest BCUT2D eigenvalue weighted by atomic mass is 9.89. The van der Waals surface area contributed by atoms with Gasteiger partial charge in [0.05, 0.1) is 15.9 Å². The fourth-order valence-electron chi connectivity index (χ4n) is 4.65. The summed E-state index contributed by atoms with van der Waals surface area (Å²) in [7, 11) is -3.80. The highest BCUT2D eigenvalue weighted by Crippen LogP contribution is 2.33. The van der Waals surface area contributed by atoms with Crippen LogP contribution in [-0.2, 0) is 10.0 Å². The zero-order valence-corrected chi connectivity index (χ0v) is 20.3. The van der Waals surface area contributed by atoms with Crippen LogP contribution in [0.1, 0.15) is 43.9 Å². The van der Waals surface area contributed by atoms with Gasteiger partial charge in [-0.25, -0.2) is 13.4 Å². The zero-order valence-electron chi connectivity index (χ0n) is 19.5. The Morgan fingerprint density at radius 2 is 1.64 bits per heavy atom. The van der Waals surface area contributed by atoms with Crippen molar-refractivity contribution in [1.82, 2.24) is 20.2 Å².